The number of amides is 1. The molecule has 0 aromatic heterocycles. The van der Waals surface area contributed by atoms with E-state index in [1.807, 2.05) is 4.90 Å². The third-order valence-electron chi connectivity index (χ3n) is 11.5. The average Bonchev–Trinajstić information content (AvgIpc) is 2.99. The normalized spacial score (nSPS) is 37.5. The first-order valence-corrected chi connectivity index (χ1v) is 18.1. The van der Waals surface area contributed by atoms with E-state index in [0.29, 0.717) is 48.8 Å². The van der Waals surface area contributed by atoms with Crippen molar-refractivity contribution in [3.8, 4) is 0 Å². The van der Waals surface area contributed by atoms with Gasteiger partial charge in [-0.3, -0.25) is 14.4 Å². The smallest absolute Gasteiger partial charge is 0.290 e. The van der Waals surface area contributed by atoms with E-state index in [1.54, 1.807) is 0 Å². The van der Waals surface area contributed by atoms with Gasteiger partial charge in [0.1, 0.15) is 5.78 Å². The molecule has 0 aromatic rings. The SMILES string of the molecule is C=C1C[C@H](/C=C/C2CCCC(C)C2)CCCC(=O)C/C=C/CCCCC2CC(C(=O)C(=O)N3CCCC[C@@H]13)C(C)CC2C. The summed E-state index contributed by atoms with van der Waals surface area (Å²) in [4.78, 5) is 42.4. The summed E-state index contributed by atoms with van der Waals surface area (Å²) in [6.07, 6.45) is 27.4. The molecule has 0 N–H and O–H groups in total. The number of hydrogen-bond donors (Lipinski definition) is 0. The summed E-state index contributed by atoms with van der Waals surface area (Å²) in [6.45, 7) is 12.1. The van der Waals surface area contributed by atoms with E-state index in [1.165, 1.54) is 25.7 Å². The van der Waals surface area contributed by atoms with Crippen molar-refractivity contribution >= 4 is 17.5 Å². The fourth-order valence-electron chi connectivity index (χ4n) is 8.78. The highest BCUT2D eigenvalue weighted by molar-refractivity contribution is 6.37. The molecule has 1 amide bonds. The average molecular weight is 592 g/mol. The molecular formula is C39H61NO3. The fraction of sp³-hybridized carbons (Fsp3) is 0.769. The Morgan fingerprint density at radius 3 is 2.35 bits per heavy atom. The van der Waals surface area contributed by atoms with Gasteiger partial charge in [0.2, 0.25) is 5.78 Å². The molecule has 1 saturated heterocycles. The predicted molar refractivity (Wildman–Crippen MR) is 177 cm³/mol. The summed E-state index contributed by atoms with van der Waals surface area (Å²) in [5, 5.41) is 0. The molecule has 2 bridgehead atoms. The number of fused-ring (bicyclic) bond motifs is 3. The molecular weight excluding hydrogens is 530 g/mol. The Hall–Kier alpha value is -1.97. The maximum absolute atomic E-state index is 13.9. The van der Waals surface area contributed by atoms with Crippen LogP contribution < -0.4 is 0 Å². The third-order valence-corrected chi connectivity index (χ3v) is 11.5. The summed E-state index contributed by atoms with van der Waals surface area (Å²) in [5.41, 5.74) is 1.09. The second-order valence-electron chi connectivity index (χ2n) is 15.1. The molecule has 2 heterocycles. The van der Waals surface area contributed by atoms with Crippen LogP contribution in [0.15, 0.2) is 36.5 Å². The number of carbonyl (C=O) groups is 3. The van der Waals surface area contributed by atoms with Crippen LogP contribution in [0.25, 0.3) is 0 Å². The molecule has 4 nitrogen and oxygen atoms in total. The lowest BCUT2D eigenvalue weighted by Gasteiger charge is -2.41. The Balaban J connectivity index is 1.52. The molecule has 2 aliphatic heterocycles. The lowest BCUT2D eigenvalue weighted by molar-refractivity contribution is -0.150. The van der Waals surface area contributed by atoms with Gasteiger partial charge in [0, 0.05) is 25.3 Å². The number of piperidine rings is 1. The Morgan fingerprint density at radius 2 is 1.53 bits per heavy atom. The van der Waals surface area contributed by atoms with Crippen LogP contribution in [-0.4, -0.2) is 35.0 Å². The molecule has 8 atom stereocenters. The van der Waals surface area contributed by atoms with E-state index >= 15 is 0 Å². The number of allylic oxidation sites excluding steroid dienone is 4. The third kappa shape index (κ3) is 10.0. The summed E-state index contributed by atoms with van der Waals surface area (Å²) in [5.74, 6) is 2.89. The molecule has 2 aliphatic carbocycles. The molecule has 43 heavy (non-hydrogen) atoms. The summed E-state index contributed by atoms with van der Waals surface area (Å²) >= 11 is 0. The van der Waals surface area contributed by atoms with Gasteiger partial charge in [-0.05, 0) is 113 Å². The number of carbonyl (C=O) groups excluding carboxylic acids is 3. The molecule has 0 spiro atoms. The van der Waals surface area contributed by atoms with Crippen molar-refractivity contribution < 1.29 is 14.4 Å². The standard InChI is InChI=1S/C39H61NO3/c1-28-14-12-15-32(24-28)21-22-33-16-13-19-35(41)18-9-7-5-6-8-17-34-27-36(30(3)25-29(34)2)38(42)39(43)40-23-11-10-20-37(40)31(4)26-33/h7,9,21-22,28-30,32-34,36-37H,4-6,8,10-20,23-27H2,1-3H3/b9-7+,22-21+/t28?,29?,30?,32?,33-,34?,36?,37-/m0/s1. The zero-order chi connectivity index (χ0) is 30.8. The second kappa shape index (κ2) is 16.9. The summed E-state index contributed by atoms with van der Waals surface area (Å²) < 4.78 is 0. The minimum atomic E-state index is -0.249. The van der Waals surface area contributed by atoms with Gasteiger partial charge in [0.15, 0.2) is 0 Å². The van der Waals surface area contributed by atoms with Gasteiger partial charge in [-0.1, -0.05) is 82.9 Å². The number of rotatable bonds is 2. The number of hydrogen-bond acceptors (Lipinski definition) is 3. The second-order valence-corrected chi connectivity index (χ2v) is 15.1. The molecule has 2 saturated carbocycles. The molecule has 0 aromatic carbocycles. The van der Waals surface area contributed by atoms with Gasteiger partial charge in [-0.15, -0.1) is 0 Å². The summed E-state index contributed by atoms with van der Waals surface area (Å²) in [7, 11) is 0. The van der Waals surface area contributed by atoms with Crippen molar-refractivity contribution in [3.05, 3.63) is 36.5 Å². The van der Waals surface area contributed by atoms with Crippen LogP contribution in [0.4, 0.5) is 0 Å². The van der Waals surface area contributed by atoms with E-state index in [2.05, 4.69) is 51.7 Å². The molecule has 6 unspecified atom stereocenters. The van der Waals surface area contributed by atoms with Gasteiger partial charge in [0.05, 0.1) is 6.04 Å². The van der Waals surface area contributed by atoms with Gasteiger partial charge >= 0.3 is 0 Å². The molecule has 4 heteroatoms. The van der Waals surface area contributed by atoms with Crippen molar-refractivity contribution in [3.63, 3.8) is 0 Å². The molecule has 3 fully saturated rings. The Morgan fingerprint density at radius 1 is 0.767 bits per heavy atom. The van der Waals surface area contributed by atoms with E-state index < -0.39 is 0 Å². The minimum absolute atomic E-state index is 0.0507. The number of ketones is 2. The Bertz CT molecular complexity index is 1010. The monoisotopic (exact) mass is 591 g/mol. The van der Waals surface area contributed by atoms with Crippen molar-refractivity contribution in [1.82, 2.24) is 4.90 Å². The van der Waals surface area contributed by atoms with Gasteiger partial charge in [0.25, 0.3) is 5.91 Å². The van der Waals surface area contributed by atoms with Crippen molar-refractivity contribution in [2.75, 3.05) is 6.54 Å². The van der Waals surface area contributed by atoms with Gasteiger partial charge < -0.3 is 4.90 Å². The highest BCUT2D eigenvalue weighted by Gasteiger charge is 2.41. The molecule has 4 aliphatic rings. The molecule has 4 rings (SSSR count). The molecule has 0 radical (unpaired) electrons. The fourth-order valence-corrected chi connectivity index (χ4v) is 8.78. The van der Waals surface area contributed by atoms with E-state index in [4.69, 9.17) is 0 Å². The zero-order valence-electron chi connectivity index (χ0n) is 27.7. The van der Waals surface area contributed by atoms with Crippen LogP contribution >= 0.6 is 0 Å². The van der Waals surface area contributed by atoms with Crippen molar-refractivity contribution in [2.45, 2.75) is 142 Å². The number of nitrogens with zero attached hydrogens (tertiary/aromatic N) is 1. The van der Waals surface area contributed by atoms with E-state index in [0.717, 1.165) is 88.5 Å². The van der Waals surface area contributed by atoms with Crippen LogP contribution in [0.5, 0.6) is 0 Å². The van der Waals surface area contributed by atoms with Crippen molar-refractivity contribution in [1.29, 1.82) is 0 Å². The van der Waals surface area contributed by atoms with Gasteiger partial charge in [-0.2, -0.15) is 0 Å². The Labute approximate surface area is 263 Å². The van der Waals surface area contributed by atoms with E-state index in [9.17, 15) is 14.4 Å². The quantitative estimate of drug-likeness (QED) is 0.237. The van der Waals surface area contributed by atoms with Crippen LogP contribution in [0.3, 0.4) is 0 Å². The maximum Gasteiger partial charge on any atom is 0.290 e. The first kappa shape index (κ1) is 33.9. The topological polar surface area (TPSA) is 54.5 Å². The predicted octanol–water partition coefficient (Wildman–Crippen LogP) is 9.44. The van der Waals surface area contributed by atoms with Crippen molar-refractivity contribution in [2.24, 2.45) is 41.4 Å². The summed E-state index contributed by atoms with van der Waals surface area (Å²) in [6, 6.07) is -0.0507. The van der Waals surface area contributed by atoms with E-state index in [-0.39, 0.29) is 29.6 Å². The van der Waals surface area contributed by atoms with Gasteiger partial charge in [-0.25, -0.2) is 0 Å². The van der Waals surface area contributed by atoms with Crippen LogP contribution in [-0.2, 0) is 14.4 Å². The lowest BCUT2D eigenvalue weighted by Crippen LogP contribution is -2.50. The maximum atomic E-state index is 13.9. The number of Topliss-reactive ketones (excluding diaryl/α,β-unsaturated/α-hetero) is 2. The first-order valence-electron chi connectivity index (χ1n) is 18.1. The van der Waals surface area contributed by atoms with Crippen LogP contribution in [0.1, 0.15) is 136 Å². The molecule has 240 valence electrons. The highest BCUT2D eigenvalue weighted by atomic mass is 16.2. The highest BCUT2D eigenvalue weighted by Crippen LogP contribution is 2.41. The largest absolute Gasteiger partial charge is 0.329 e. The lowest BCUT2D eigenvalue weighted by atomic mass is 9.66. The minimum Gasteiger partial charge on any atom is -0.329 e. The zero-order valence-corrected chi connectivity index (χ0v) is 27.7. The first-order chi connectivity index (χ1) is 20.7. The van der Waals surface area contributed by atoms with Crippen LogP contribution in [0, 0.1) is 41.4 Å². The van der Waals surface area contributed by atoms with Crippen LogP contribution in [0.2, 0.25) is 0 Å². The Kier molecular flexibility index (Phi) is 13.3.